The highest BCUT2D eigenvalue weighted by atomic mass is 16.5. The zero-order valence-corrected chi connectivity index (χ0v) is 10.2. The maximum atomic E-state index is 9.20. The molecule has 0 bridgehead atoms. The molecule has 0 unspecified atom stereocenters. The Labute approximate surface area is 96.6 Å². The van der Waals surface area contributed by atoms with Crippen LogP contribution in [0.4, 0.5) is 0 Å². The molecule has 1 heterocycles. The van der Waals surface area contributed by atoms with Gasteiger partial charge >= 0.3 is 0 Å². The van der Waals surface area contributed by atoms with Gasteiger partial charge in [-0.05, 0) is 43.9 Å². The van der Waals surface area contributed by atoms with E-state index in [1.54, 1.807) is 7.05 Å². The number of rotatable bonds is 2. The summed E-state index contributed by atoms with van der Waals surface area (Å²) >= 11 is 0. The molecule has 0 fully saturated rings. The number of fused-ring (bicyclic) bond motifs is 1. The van der Waals surface area contributed by atoms with Crippen molar-refractivity contribution in [3.8, 4) is 5.75 Å². The Balaban J connectivity index is 2.21. The lowest BCUT2D eigenvalue weighted by atomic mass is 9.93. The summed E-state index contributed by atoms with van der Waals surface area (Å²) < 4.78 is 5.90. The zero-order valence-electron chi connectivity index (χ0n) is 10.2. The van der Waals surface area contributed by atoms with E-state index in [1.165, 1.54) is 10.6 Å². The molecule has 0 radical (unpaired) electrons. The molecule has 1 aliphatic heterocycles. The minimum atomic E-state index is -0.0533. The molecule has 0 atom stereocenters. The summed E-state index contributed by atoms with van der Waals surface area (Å²) in [6.45, 7) is 4.79. The molecule has 0 amide bonds. The molecule has 2 rings (SSSR count). The van der Waals surface area contributed by atoms with E-state index in [4.69, 9.17) is 4.74 Å². The molecule has 0 saturated heterocycles. The lowest BCUT2D eigenvalue weighted by molar-refractivity contribution is -0.0732. The Hall–Kier alpha value is -1.06. The summed E-state index contributed by atoms with van der Waals surface area (Å²) in [5.41, 5.74) is 2.31. The topological polar surface area (TPSA) is 32.7 Å². The van der Waals surface area contributed by atoms with Crippen molar-refractivity contribution in [3.05, 3.63) is 29.3 Å². The van der Waals surface area contributed by atoms with Gasteiger partial charge < -0.3 is 9.94 Å². The highest BCUT2D eigenvalue weighted by Gasteiger charge is 2.26. The van der Waals surface area contributed by atoms with E-state index in [1.807, 2.05) is 12.1 Å². The van der Waals surface area contributed by atoms with Gasteiger partial charge in [-0.1, -0.05) is 12.1 Å². The van der Waals surface area contributed by atoms with Crippen molar-refractivity contribution < 1.29 is 9.94 Å². The molecule has 1 N–H and O–H groups in total. The zero-order chi connectivity index (χ0) is 11.8. The Morgan fingerprint density at radius 2 is 2.19 bits per heavy atom. The highest BCUT2D eigenvalue weighted by molar-refractivity contribution is 5.39. The van der Waals surface area contributed by atoms with Crippen molar-refractivity contribution in [3.63, 3.8) is 0 Å². The van der Waals surface area contributed by atoms with Gasteiger partial charge in [0.2, 0.25) is 0 Å². The Morgan fingerprint density at radius 1 is 1.44 bits per heavy atom. The average Bonchev–Trinajstić information content (AvgIpc) is 2.16. The van der Waals surface area contributed by atoms with Crippen molar-refractivity contribution >= 4 is 0 Å². The molecule has 0 spiro atoms. The second-order valence-corrected chi connectivity index (χ2v) is 5.12. The summed E-state index contributed by atoms with van der Waals surface area (Å²) in [6, 6.07) is 6.14. The van der Waals surface area contributed by atoms with Gasteiger partial charge in [0.15, 0.2) is 0 Å². The summed E-state index contributed by atoms with van der Waals surface area (Å²) in [7, 11) is 1.65. The number of hydrogen-bond donors (Lipinski definition) is 1. The quantitative estimate of drug-likeness (QED) is 0.779. The smallest absolute Gasteiger partial charge is 0.123 e. The van der Waals surface area contributed by atoms with Crippen LogP contribution in [-0.4, -0.2) is 22.9 Å². The fraction of sp³-hybridized carbons (Fsp3) is 0.538. The third kappa shape index (κ3) is 2.54. The summed E-state index contributed by atoms with van der Waals surface area (Å²) in [5, 5.41) is 10.4. The maximum Gasteiger partial charge on any atom is 0.123 e. The number of ether oxygens (including phenoxy) is 1. The van der Waals surface area contributed by atoms with E-state index in [0.717, 1.165) is 24.2 Å². The fourth-order valence-corrected chi connectivity index (χ4v) is 2.07. The van der Waals surface area contributed by atoms with Crippen molar-refractivity contribution in [2.75, 3.05) is 7.05 Å². The first-order valence-electron chi connectivity index (χ1n) is 5.67. The molecule has 1 aromatic carbocycles. The van der Waals surface area contributed by atoms with Crippen molar-refractivity contribution in [1.82, 2.24) is 5.06 Å². The minimum absolute atomic E-state index is 0.0533. The van der Waals surface area contributed by atoms with E-state index in [-0.39, 0.29) is 5.60 Å². The van der Waals surface area contributed by atoms with Gasteiger partial charge in [0, 0.05) is 13.6 Å². The van der Waals surface area contributed by atoms with Gasteiger partial charge in [-0.2, -0.15) is 5.06 Å². The third-order valence-corrected chi connectivity index (χ3v) is 2.92. The molecule has 0 saturated carbocycles. The van der Waals surface area contributed by atoms with Gasteiger partial charge in [-0.15, -0.1) is 0 Å². The summed E-state index contributed by atoms with van der Waals surface area (Å²) in [4.78, 5) is 0. The largest absolute Gasteiger partial charge is 0.488 e. The minimum Gasteiger partial charge on any atom is -0.488 e. The van der Waals surface area contributed by atoms with Gasteiger partial charge in [0.05, 0.1) is 0 Å². The van der Waals surface area contributed by atoms with E-state index >= 15 is 0 Å². The van der Waals surface area contributed by atoms with Crippen LogP contribution < -0.4 is 4.74 Å². The van der Waals surface area contributed by atoms with Crippen molar-refractivity contribution in [1.29, 1.82) is 0 Å². The fourth-order valence-electron chi connectivity index (χ4n) is 2.07. The molecule has 1 aliphatic rings. The van der Waals surface area contributed by atoms with Gasteiger partial charge in [0.1, 0.15) is 11.4 Å². The number of nitrogens with zero attached hydrogens (tertiary/aromatic N) is 1. The highest BCUT2D eigenvalue weighted by Crippen LogP contribution is 2.33. The van der Waals surface area contributed by atoms with Crippen LogP contribution in [-0.2, 0) is 13.0 Å². The van der Waals surface area contributed by atoms with Crippen LogP contribution in [0, 0.1) is 0 Å². The second kappa shape index (κ2) is 4.07. The van der Waals surface area contributed by atoms with E-state index in [0.29, 0.717) is 6.54 Å². The molecule has 0 aromatic heterocycles. The first kappa shape index (κ1) is 11.4. The van der Waals surface area contributed by atoms with Crippen LogP contribution in [0.15, 0.2) is 18.2 Å². The molecule has 1 aromatic rings. The van der Waals surface area contributed by atoms with E-state index < -0.39 is 0 Å². The predicted octanol–water partition coefficient (Wildman–Crippen LogP) is 2.61. The molecule has 3 heteroatoms. The van der Waals surface area contributed by atoms with Gasteiger partial charge in [-0.3, -0.25) is 0 Å². The first-order valence-corrected chi connectivity index (χ1v) is 5.67. The molecular formula is C13H19NO2. The molecule has 3 nitrogen and oxygen atoms in total. The van der Waals surface area contributed by atoms with Gasteiger partial charge in [-0.25, -0.2) is 0 Å². The number of aryl methyl sites for hydroxylation is 1. The Morgan fingerprint density at radius 3 is 2.88 bits per heavy atom. The van der Waals surface area contributed by atoms with Crippen LogP contribution in [0.25, 0.3) is 0 Å². The van der Waals surface area contributed by atoms with Gasteiger partial charge in [0.25, 0.3) is 0 Å². The predicted molar refractivity (Wildman–Crippen MR) is 62.7 cm³/mol. The van der Waals surface area contributed by atoms with E-state index in [9.17, 15) is 5.21 Å². The van der Waals surface area contributed by atoms with Crippen molar-refractivity contribution in [2.45, 2.75) is 38.8 Å². The lowest BCUT2D eigenvalue weighted by Crippen LogP contribution is -2.32. The lowest BCUT2D eigenvalue weighted by Gasteiger charge is -2.32. The van der Waals surface area contributed by atoms with Crippen LogP contribution in [0.2, 0.25) is 0 Å². The average molecular weight is 221 g/mol. The summed E-state index contributed by atoms with van der Waals surface area (Å²) in [5.74, 6) is 0.987. The molecule has 88 valence electrons. The second-order valence-electron chi connectivity index (χ2n) is 5.12. The molecular weight excluding hydrogens is 202 g/mol. The number of benzene rings is 1. The molecule has 0 aliphatic carbocycles. The number of hydroxylamine groups is 2. The third-order valence-electron chi connectivity index (χ3n) is 2.92. The van der Waals surface area contributed by atoms with Crippen molar-refractivity contribution in [2.24, 2.45) is 0 Å². The SMILES string of the molecule is CN(O)Cc1ccc2c(c1)CCC(C)(C)O2. The summed E-state index contributed by atoms with van der Waals surface area (Å²) in [6.07, 6.45) is 2.09. The first-order chi connectivity index (χ1) is 7.46. The van der Waals surface area contributed by atoms with E-state index in [2.05, 4.69) is 19.9 Å². The van der Waals surface area contributed by atoms with Crippen LogP contribution in [0.3, 0.4) is 0 Å². The maximum absolute atomic E-state index is 9.20. The normalized spacial score (nSPS) is 18.1. The van der Waals surface area contributed by atoms with Crippen LogP contribution in [0.5, 0.6) is 5.75 Å². The monoisotopic (exact) mass is 221 g/mol. The Bertz CT molecular complexity index is 386. The van der Waals surface area contributed by atoms with Crippen LogP contribution >= 0.6 is 0 Å². The van der Waals surface area contributed by atoms with Crippen LogP contribution in [0.1, 0.15) is 31.4 Å². The standard InChI is InChI=1S/C13H19NO2/c1-13(2)7-6-11-8-10(9-14(3)15)4-5-12(11)16-13/h4-5,8,15H,6-7,9H2,1-3H3. The Kier molecular flexibility index (Phi) is 2.91. The number of hydrogen-bond acceptors (Lipinski definition) is 3. The molecule has 16 heavy (non-hydrogen) atoms.